The average molecular weight is 302 g/mol. The molecule has 0 radical (unpaired) electrons. The number of halogens is 1. The molecule has 1 aromatic rings. The number of furan rings is 1. The molecule has 1 saturated heterocycles. The fourth-order valence-electron chi connectivity index (χ4n) is 2.02. The van der Waals surface area contributed by atoms with E-state index in [1.165, 1.54) is 11.2 Å². The highest BCUT2D eigenvalue weighted by Gasteiger charge is 2.32. The molecule has 2 heterocycles. The van der Waals surface area contributed by atoms with Crippen LogP contribution < -0.4 is 0 Å². The molecular formula is C11H12BrNO4. The van der Waals surface area contributed by atoms with Crippen LogP contribution in [0.3, 0.4) is 0 Å². The van der Waals surface area contributed by atoms with Crippen molar-refractivity contribution in [1.82, 2.24) is 4.90 Å². The Morgan fingerprint density at radius 1 is 1.47 bits per heavy atom. The number of hydrogen-bond donors (Lipinski definition) is 1. The van der Waals surface area contributed by atoms with Gasteiger partial charge in [0, 0.05) is 12.6 Å². The summed E-state index contributed by atoms with van der Waals surface area (Å²) in [6, 6.07) is 0.834. The van der Waals surface area contributed by atoms with E-state index >= 15 is 0 Å². The van der Waals surface area contributed by atoms with Crippen LogP contribution in [-0.4, -0.2) is 34.5 Å². The number of nitrogens with zero attached hydrogens (tertiary/aromatic N) is 1. The molecule has 1 fully saturated rings. The van der Waals surface area contributed by atoms with Crippen molar-refractivity contribution in [2.75, 3.05) is 6.54 Å². The minimum Gasteiger partial charge on any atom is -0.480 e. The van der Waals surface area contributed by atoms with Crippen molar-refractivity contribution in [3.05, 3.63) is 22.6 Å². The van der Waals surface area contributed by atoms with Crippen molar-refractivity contribution in [3.8, 4) is 0 Å². The number of carboxylic acids is 1. The second kappa shape index (κ2) is 4.91. The van der Waals surface area contributed by atoms with Crippen LogP contribution in [0.1, 0.15) is 29.6 Å². The fourth-order valence-corrected chi connectivity index (χ4v) is 2.36. The predicted molar refractivity (Wildman–Crippen MR) is 62.7 cm³/mol. The molecule has 92 valence electrons. The van der Waals surface area contributed by atoms with Gasteiger partial charge in [-0.3, -0.25) is 4.79 Å². The second-order valence-corrected chi connectivity index (χ2v) is 4.77. The third-order valence-electron chi connectivity index (χ3n) is 2.86. The Labute approximate surface area is 107 Å². The highest BCUT2D eigenvalue weighted by Crippen LogP contribution is 2.22. The summed E-state index contributed by atoms with van der Waals surface area (Å²) in [4.78, 5) is 24.6. The largest absolute Gasteiger partial charge is 0.480 e. The van der Waals surface area contributed by atoms with Crippen LogP contribution in [0.5, 0.6) is 0 Å². The Morgan fingerprint density at radius 3 is 2.82 bits per heavy atom. The van der Waals surface area contributed by atoms with Gasteiger partial charge in [-0.2, -0.15) is 0 Å². The smallest absolute Gasteiger partial charge is 0.326 e. The van der Waals surface area contributed by atoms with Gasteiger partial charge in [-0.25, -0.2) is 4.79 Å². The van der Waals surface area contributed by atoms with Gasteiger partial charge in [0.25, 0.3) is 5.91 Å². The lowest BCUT2D eigenvalue weighted by Crippen LogP contribution is -2.47. The molecule has 1 aliphatic rings. The van der Waals surface area contributed by atoms with E-state index in [4.69, 9.17) is 9.52 Å². The highest BCUT2D eigenvalue weighted by atomic mass is 79.9. The lowest BCUT2D eigenvalue weighted by molar-refractivity contribution is -0.143. The molecule has 1 aromatic heterocycles. The number of carboxylic acid groups (broad SMARTS) is 1. The zero-order valence-electron chi connectivity index (χ0n) is 9.06. The van der Waals surface area contributed by atoms with Gasteiger partial charge in [0.2, 0.25) is 0 Å². The SMILES string of the molecule is O=C(O)[C@H]1CCCCN1C(=O)c1coc(Br)c1. The van der Waals surface area contributed by atoms with E-state index in [9.17, 15) is 9.59 Å². The summed E-state index contributed by atoms with van der Waals surface area (Å²) in [7, 11) is 0. The topological polar surface area (TPSA) is 70.8 Å². The van der Waals surface area contributed by atoms with E-state index in [2.05, 4.69) is 15.9 Å². The van der Waals surface area contributed by atoms with E-state index in [1.807, 2.05) is 0 Å². The molecule has 6 heteroatoms. The number of hydrogen-bond acceptors (Lipinski definition) is 3. The molecule has 0 spiro atoms. The third kappa shape index (κ3) is 2.52. The molecule has 0 aliphatic carbocycles. The van der Waals surface area contributed by atoms with Crippen molar-refractivity contribution in [2.24, 2.45) is 0 Å². The molecule has 1 atom stereocenters. The third-order valence-corrected chi connectivity index (χ3v) is 3.28. The maximum absolute atomic E-state index is 12.1. The number of likely N-dealkylation sites (tertiary alicyclic amines) is 1. The quantitative estimate of drug-likeness (QED) is 0.908. The van der Waals surface area contributed by atoms with E-state index in [0.717, 1.165) is 12.8 Å². The van der Waals surface area contributed by atoms with Crippen LogP contribution >= 0.6 is 15.9 Å². The number of aliphatic carboxylic acids is 1. The van der Waals surface area contributed by atoms with Crippen molar-refractivity contribution in [3.63, 3.8) is 0 Å². The number of amides is 1. The molecule has 1 aliphatic heterocycles. The van der Waals surface area contributed by atoms with Gasteiger partial charge >= 0.3 is 5.97 Å². The molecule has 1 N–H and O–H groups in total. The van der Waals surface area contributed by atoms with E-state index in [0.29, 0.717) is 23.2 Å². The van der Waals surface area contributed by atoms with Gasteiger partial charge < -0.3 is 14.4 Å². The van der Waals surface area contributed by atoms with Crippen LogP contribution in [0.4, 0.5) is 0 Å². The lowest BCUT2D eigenvalue weighted by atomic mass is 10.0. The van der Waals surface area contributed by atoms with Gasteiger partial charge in [-0.05, 0) is 35.2 Å². The summed E-state index contributed by atoms with van der Waals surface area (Å²) in [6.07, 6.45) is 3.53. The molecule has 0 saturated carbocycles. The lowest BCUT2D eigenvalue weighted by Gasteiger charge is -2.32. The molecular weight excluding hydrogens is 290 g/mol. The molecule has 0 bridgehead atoms. The number of rotatable bonds is 2. The first-order chi connectivity index (χ1) is 8.09. The number of piperidine rings is 1. The van der Waals surface area contributed by atoms with E-state index < -0.39 is 12.0 Å². The molecule has 0 unspecified atom stereocenters. The summed E-state index contributed by atoms with van der Waals surface area (Å²) in [5, 5.41) is 9.08. The van der Waals surface area contributed by atoms with Gasteiger partial charge in [-0.15, -0.1) is 0 Å². The number of carbonyl (C=O) groups excluding carboxylic acids is 1. The van der Waals surface area contributed by atoms with E-state index in [1.54, 1.807) is 6.07 Å². The normalized spacial score (nSPS) is 20.3. The first-order valence-electron chi connectivity index (χ1n) is 5.37. The fraction of sp³-hybridized carbons (Fsp3) is 0.455. The minimum absolute atomic E-state index is 0.286. The van der Waals surface area contributed by atoms with Gasteiger partial charge in [-0.1, -0.05) is 0 Å². The number of carbonyl (C=O) groups is 2. The molecule has 1 amide bonds. The zero-order valence-corrected chi connectivity index (χ0v) is 10.6. The van der Waals surface area contributed by atoms with Crippen LogP contribution in [0, 0.1) is 0 Å². The zero-order chi connectivity index (χ0) is 12.4. The Kier molecular flexibility index (Phi) is 3.51. The Hall–Kier alpha value is -1.30. The summed E-state index contributed by atoms with van der Waals surface area (Å²) in [5.74, 6) is -1.23. The van der Waals surface area contributed by atoms with Gasteiger partial charge in [0.05, 0.1) is 5.56 Å². The van der Waals surface area contributed by atoms with Crippen LogP contribution in [0.15, 0.2) is 21.4 Å². The van der Waals surface area contributed by atoms with Crippen molar-refractivity contribution in [1.29, 1.82) is 0 Å². The molecule has 0 aromatic carbocycles. The Bertz CT molecular complexity index is 442. The minimum atomic E-state index is -0.944. The first-order valence-corrected chi connectivity index (χ1v) is 6.16. The van der Waals surface area contributed by atoms with Crippen molar-refractivity contribution < 1.29 is 19.1 Å². The maximum Gasteiger partial charge on any atom is 0.326 e. The van der Waals surface area contributed by atoms with Gasteiger partial charge in [0.1, 0.15) is 12.3 Å². The second-order valence-electron chi connectivity index (χ2n) is 3.99. The van der Waals surface area contributed by atoms with Gasteiger partial charge in [0.15, 0.2) is 4.67 Å². The van der Waals surface area contributed by atoms with E-state index in [-0.39, 0.29) is 5.91 Å². The monoisotopic (exact) mass is 301 g/mol. The van der Waals surface area contributed by atoms with Crippen LogP contribution in [-0.2, 0) is 4.79 Å². The Balaban J connectivity index is 2.19. The maximum atomic E-state index is 12.1. The average Bonchev–Trinajstić information content (AvgIpc) is 2.75. The highest BCUT2D eigenvalue weighted by molar-refractivity contribution is 9.10. The van der Waals surface area contributed by atoms with Crippen LogP contribution in [0.2, 0.25) is 0 Å². The summed E-state index contributed by atoms with van der Waals surface area (Å²) in [5.41, 5.74) is 0.380. The predicted octanol–water partition coefficient (Wildman–Crippen LogP) is 2.12. The standard InChI is InChI=1S/C11H12BrNO4/c12-9-5-7(6-17-9)10(14)13-4-2-1-3-8(13)11(15)16/h5-6,8H,1-4H2,(H,15,16)/t8-/m1/s1. The van der Waals surface area contributed by atoms with Crippen LogP contribution in [0.25, 0.3) is 0 Å². The summed E-state index contributed by atoms with van der Waals surface area (Å²) in [6.45, 7) is 0.485. The molecule has 5 nitrogen and oxygen atoms in total. The summed E-state index contributed by atoms with van der Waals surface area (Å²) >= 11 is 3.11. The Morgan fingerprint density at radius 2 is 2.24 bits per heavy atom. The van der Waals surface area contributed by atoms with Crippen molar-refractivity contribution in [2.45, 2.75) is 25.3 Å². The molecule has 17 heavy (non-hydrogen) atoms. The molecule has 2 rings (SSSR count). The summed E-state index contributed by atoms with van der Waals surface area (Å²) < 4.78 is 5.46. The first kappa shape index (κ1) is 12.2. The van der Waals surface area contributed by atoms with Crippen molar-refractivity contribution >= 4 is 27.8 Å².